The normalized spacial score (nSPS) is 14.6. The summed E-state index contributed by atoms with van der Waals surface area (Å²) in [6.07, 6.45) is -15.7. The predicted molar refractivity (Wildman–Crippen MR) is 159 cm³/mol. The van der Waals surface area contributed by atoms with Gasteiger partial charge in [-0.15, -0.1) is 13.2 Å². The molecule has 19 heteroatoms. The molecule has 278 valence electrons. The molecule has 0 unspecified atom stereocenters. The van der Waals surface area contributed by atoms with E-state index in [9.17, 15) is 59.4 Å². The van der Waals surface area contributed by atoms with Crippen molar-refractivity contribution < 1.29 is 68.9 Å². The predicted octanol–water partition coefficient (Wildman–Crippen LogP) is 4.07. The molecule has 0 fully saturated rings. The zero-order valence-electron chi connectivity index (χ0n) is 26.8. The first kappa shape index (κ1) is 41.7. The Morgan fingerprint density at radius 3 is 1.92 bits per heavy atom. The molecule has 0 saturated carbocycles. The van der Waals surface area contributed by atoms with Crippen molar-refractivity contribution in [1.29, 1.82) is 0 Å². The van der Waals surface area contributed by atoms with Crippen molar-refractivity contribution in [3.8, 4) is 5.75 Å². The van der Waals surface area contributed by atoms with E-state index >= 15 is 0 Å². The number of aliphatic hydroxyl groups is 1. The van der Waals surface area contributed by atoms with Gasteiger partial charge in [-0.2, -0.15) is 22.0 Å². The molecule has 50 heavy (non-hydrogen) atoms. The third kappa shape index (κ3) is 13.1. The number of carbonyl (C=O) groups excluding carboxylic acids is 4. The number of alkyl halides is 8. The Kier molecular flexibility index (Phi) is 14.5. The molecule has 0 aromatic heterocycles. The lowest BCUT2D eigenvalue weighted by Crippen LogP contribution is -2.54. The number of hydrogen-bond donors (Lipinski definition) is 5. The number of alkyl carbamates (subject to hydrolysis) is 1. The van der Waals surface area contributed by atoms with E-state index < -0.39 is 85.1 Å². The van der Waals surface area contributed by atoms with Crippen molar-refractivity contribution in [2.45, 2.75) is 69.9 Å². The molecular formula is C31H36F8N4O7. The molecular weight excluding hydrogens is 692 g/mol. The summed E-state index contributed by atoms with van der Waals surface area (Å²) in [5, 5.41) is 15.9. The number of ketones is 1. The number of methoxy groups -OCH3 is 1. The van der Waals surface area contributed by atoms with Crippen LogP contribution in [0.3, 0.4) is 0 Å². The van der Waals surface area contributed by atoms with Crippen molar-refractivity contribution in [3.05, 3.63) is 65.2 Å². The summed E-state index contributed by atoms with van der Waals surface area (Å²) >= 11 is 0. The number of hydrogen-bond acceptors (Lipinski definition) is 8. The molecule has 0 heterocycles. The SMILES string of the molecule is COc1ccc([C@H](NC(=O)[C@@H](N)Cc2ccc(CNC(=O)OC(F)(F)F)cc2)C(=O)C[C@@H](C(C)C)[C@@H](O)C(F)(F)C(=O)NCC(F)(F)F)cc1. The van der Waals surface area contributed by atoms with E-state index in [-0.39, 0.29) is 18.5 Å². The van der Waals surface area contributed by atoms with Crippen molar-refractivity contribution in [2.75, 3.05) is 13.7 Å². The van der Waals surface area contributed by atoms with Gasteiger partial charge in [0.25, 0.3) is 5.91 Å². The number of rotatable bonds is 16. The maximum Gasteiger partial charge on any atom is 0.576 e. The third-order valence-corrected chi connectivity index (χ3v) is 7.34. The number of Topliss-reactive ketones (excluding diaryl/α,β-unsaturated/α-hetero) is 1. The van der Waals surface area contributed by atoms with Gasteiger partial charge in [0.2, 0.25) is 5.91 Å². The summed E-state index contributed by atoms with van der Waals surface area (Å²) in [5.74, 6) is -11.1. The highest BCUT2D eigenvalue weighted by Crippen LogP contribution is 2.33. The van der Waals surface area contributed by atoms with Crippen LogP contribution in [0.15, 0.2) is 48.5 Å². The van der Waals surface area contributed by atoms with Crippen molar-refractivity contribution in [2.24, 2.45) is 17.6 Å². The smallest absolute Gasteiger partial charge is 0.497 e. The van der Waals surface area contributed by atoms with Gasteiger partial charge in [-0.3, -0.25) is 14.4 Å². The topological polar surface area (TPSA) is 169 Å². The number of halogens is 8. The van der Waals surface area contributed by atoms with E-state index in [1.807, 2.05) is 5.32 Å². The zero-order chi connectivity index (χ0) is 38.0. The molecule has 2 rings (SSSR count). The minimum absolute atomic E-state index is 0.119. The molecule has 6 N–H and O–H groups in total. The number of nitrogens with one attached hydrogen (secondary N) is 3. The van der Waals surface area contributed by atoms with Crippen LogP contribution in [0.5, 0.6) is 5.75 Å². The van der Waals surface area contributed by atoms with Crippen LogP contribution >= 0.6 is 0 Å². The molecule has 0 bridgehead atoms. The van der Waals surface area contributed by atoms with Crippen molar-refractivity contribution in [1.82, 2.24) is 16.0 Å². The number of carbonyl (C=O) groups is 4. The van der Waals surface area contributed by atoms with Gasteiger partial charge in [-0.25, -0.2) is 4.79 Å². The Hall–Kier alpha value is -4.52. The van der Waals surface area contributed by atoms with Crippen molar-refractivity contribution in [3.63, 3.8) is 0 Å². The minimum Gasteiger partial charge on any atom is -0.497 e. The molecule has 0 radical (unpaired) electrons. The fraction of sp³-hybridized carbons (Fsp3) is 0.484. The average molecular weight is 729 g/mol. The van der Waals surface area contributed by atoms with E-state index in [4.69, 9.17) is 10.5 Å². The van der Waals surface area contributed by atoms with Gasteiger partial charge in [-0.1, -0.05) is 50.2 Å². The second-order valence-electron chi connectivity index (χ2n) is 11.5. The number of aliphatic hydroxyl groups excluding tert-OH is 1. The molecule has 2 aromatic rings. The first-order valence-corrected chi connectivity index (χ1v) is 14.8. The van der Waals surface area contributed by atoms with Gasteiger partial charge in [-0.05, 0) is 41.2 Å². The molecule has 2 aromatic carbocycles. The second kappa shape index (κ2) is 17.4. The Morgan fingerprint density at radius 1 is 0.860 bits per heavy atom. The number of benzene rings is 2. The van der Waals surface area contributed by atoms with E-state index in [1.54, 1.807) is 0 Å². The van der Waals surface area contributed by atoms with Gasteiger partial charge in [0.1, 0.15) is 24.4 Å². The maximum atomic E-state index is 14.8. The number of ether oxygens (including phenoxy) is 2. The van der Waals surface area contributed by atoms with Crippen LogP contribution in [-0.4, -0.2) is 73.1 Å². The van der Waals surface area contributed by atoms with Gasteiger partial charge in [0, 0.05) is 18.9 Å². The lowest BCUT2D eigenvalue weighted by molar-refractivity contribution is -0.291. The van der Waals surface area contributed by atoms with Crippen molar-refractivity contribution >= 4 is 23.7 Å². The maximum absolute atomic E-state index is 14.8. The first-order valence-electron chi connectivity index (χ1n) is 14.8. The Labute approximate surface area is 280 Å². The fourth-order valence-corrected chi connectivity index (χ4v) is 4.61. The van der Waals surface area contributed by atoms with Gasteiger partial charge in [0.15, 0.2) is 5.78 Å². The first-order chi connectivity index (χ1) is 23.0. The molecule has 0 aliphatic heterocycles. The Morgan fingerprint density at radius 2 is 1.42 bits per heavy atom. The third-order valence-electron chi connectivity index (χ3n) is 7.34. The largest absolute Gasteiger partial charge is 0.576 e. The van der Waals surface area contributed by atoms with Gasteiger partial charge in [0.05, 0.1) is 13.2 Å². The summed E-state index contributed by atoms with van der Waals surface area (Å²) in [6, 6.07) is 8.67. The molecule has 0 saturated heterocycles. The molecule has 0 aliphatic carbocycles. The average Bonchev–Trinajstić information content (AvgIpc) is 3.02. The van der Waals surface area contributed by atoms with E-state index in [0.29, 0.717) is 16.9 Å². The second-order valence-corrected chi connectivity index (χ2v) is 11.5. The zero-order valence-corrected chi connectivity index (χ0v) is 26.8. The summed E-state index contributed by atoms with van der Waals surface area (Å²) < 4.78 is 112. The van der Waals surface area contributed by atoms with Gasteiger partial charge < -0.3 is 36.3 Å². The lowest BCUT2D eigenvalue weighted by Gasteiger charge is -2.32. The van der Waals surface area contributed by atoms with Crippen LogP contribution in [0, 0.1) is 11.8 Å². The monoisotopic (exact) mass is 728 g/mol. The summed E-state index contributed by atoms with van der Waals surface area (Å²) in [4.78, 5) is 49.9. The van der Waals surface area contributed by atoms with E-state index in [2.05, 4.69) is 10.1 Å². The molecule has 3 amide bonds. The number of amides is 3. The molecule has 0 spiro atoms. The minimum atomic E-state index is -5.16. The summed E-state index contributed by atoms with van der Waals surface area (Å²) in [5.41, 5.74) is 7.08. The van der Waals surface area contributed by atoms with Crippen LogP contribution < -0.4 is 26.4 Å². The fourth-order valence-electron chi connectivity index (χ4n) is 4.61. The highest BCUT2D eigenvalue weighted by atomic mass is 19.4. The Balaban J connectivity index is 2.21. The van der Waals surface area contributed by atoms with E-state index in [1.165, 1.54) is 69.5 Å². The van der Waals surface area contributed by atoms with Crippen LogP contribution in [0.2, 0.25) is 0 Å². The van der Waals surface area contributed by atoms with E-state index in [0.717, 1.165) is 5.32 Å². The number of nitrogens with two attached hydrogens (primary N) is 1. The summed E-state index contributed by atoms with van der Waals surface area (Å²) in [7, 11) is 1.36. The lowest BCUT2D eigenvalue weighted by atomic mass is 9.81. The van der Waals surface area contributed by atoms with Crippen LogP contribution in [0.1, 0.15) is 43.0 Å². The summed E-state index contributed by atoms with van der Waals surface area (Å²) in [6.45, 7) is 0.298. The highest BCUT2D eigenvalue weighted by Gasteiger charge is 2.52. The van der Waals surface area contributed by atoms with Gasteiger partial charge >= 0.3 is 24.6 Å². The molecule has 4 atom stereocenters. The highest BCUT2D eigenvalue weighted by molar-refractivity contribution is 5.92. The van der Waals surface area contributed by atoms with Crippen LogP contribution in [0.25, 0.3) is 0 Å². The van der Waals surface area contributed by atoms with Crippen LogP contribution in [-0.2, 0) is 32.1 Å². The standard InChI is InChI=1S/C31H36F8N4O7/c1-16(2)21(25(45)30(35,36)27(47)42-15-29(32,33)34)13-23(44)24(19-8-10-20(49-3)11-9-19)43-26(46)22(40)12-17-4-6-18(7-5-17)14-41-28(48)50-31(37,38)39/h4-11,16,21-22,24-25,45H,12-15,40H2,1-3H3,(H,41,48)(H,42,47)(H,43,46)/t21-,22-,24-,25+/m0/s1. The van der Waals surface area contributed by atoms with Crippen LogP contribution in [0.4, 0.5) is 39.9 Å². The quantitative estimate of drug-likeness (QED) is 0.161. The molecule has 0 aliphatic rings. The Bertz CT molecular complexity index is 1450. The molecule has 11 nitrogen and oxygen atoms in total.